The Morgan fingerprint density at radius 1 is 1.07 bits per heavy atom. The first kappa shape index (κ1) is 18.2. The van der Waals surface area contributed by atoms with E-state index in [9.17, 15) is 5.26 Å². The van der Waals surface area contributed by atoms with Gasteiger partial charge in [-0.2, -0.15) is 10.2 Å². The minimum Gasteiger partial charge on any atom is -0.490 e. The lowest BCUT2D eigenvalue weighted by Gasteiger charge is -2.11. The van der Waals surface area contributed by atoms with Crippen LogP contribution in [0.15, 0.2) is 47.0 Å². The molecule has 0 unspecified atom stereocenters. The van der Waals surface area contributed by atoms with Crippen molar-refractivity contribution in [3.63, 3.8) is 0 Å². The molecule has 1 fully saturated rings. The summed E-state index contributed by atoms with van der Waals surface area (Å²) in [5.41, 5.74) is 2.85. The Bertz CT molecular complexity index is 999. The predicted octanol–water partition coefficient (Wildman–Crippen LogP) is 4.11. The number of nitrogens with zero attached hydrogens (tertiary/aromatic N) is 3. The monoisotopic (exact) mass is 377 g/mol. The Kier molecular flexibility index (Phi) is 5.06. The summed E-state index contributed by atoms with van der Waals surface area (Å²) in [6.45, 7) is 5.03. The van der Waals surface area contributed by atoms with Crippen LogP contribution in [0.4, 0.5) is 0 Å². The van der Waals surface area contributed by atoms with E-state index in [4.69, 9.17) is 18.7 Å². The highest BCUT2D eigenvalue weighted by molar-refractivity contribution is 5.63. The fourth-order valence-electron chi connectivity index (χ4n) is 2.91. The van der Waals surface area contributed by atoms with Crippen molar-refractivity contribution < 1.29 is 18.7 Å². The zero-order chi connectivity index (χ0) is 19.5. The highest BCUT2D eigenvalue weighted by Crippen LogP contribution is 2.29. The number of aromatic nitrogens is 2. The van der Waals surface area contributed by atoms with Crippen LogP contribution in [0.3, 0.4) is 0 Å². The average Bonchev–Trinajstić information content (AvgIpc) is 3.40. The normalized spacial score (nSPS) is 14.4. The molecule has 7 nitrogen and oxygen atoms in total. The van der Waals surface area contributed by atoms with Crippen LogP contribution in [0.1, 0.15) is 31.3 Å². The SMILES string of the molecule is CC(C)Oc1ccc(-c2nc(-c3ccc(C4OCCO4)cc3)no2)cc1C#N. The zero-order valence-corrected chi connectivity index (χ0v) is 15.6. The van der Waals surface area contributed by atoms with E-state index in [0.717, 1.165) is 11.1 Å². The highest BCUT2D eigenvalue weighted by Gasteiger charge is 2.19. The van der Waals surface area contributed by atoms with Crippen molar-refractivity contribution in [3.05, 3.63) is 53.6 Å². The van der Waals surface area contributed by atoms with E-state index in [0.29, 0.717) is 41.8 Å². The summed E-state index contributed by atoms with van der Waals surface area (Å²) in [5.74, 6) is 1.35. The lowest BCUT2D eigenvalue weighted by molar-refractivity contribution is -0.0441. The summed E-state index contributed by atoms with van der Waals surface area (Å²) in [6, 6.07) is 15.0. The number of ether oxygens (including phenoxy) is 3. The summed E-state index contributed by atoms with van der Waals surface area (Å²) >= 11 is 0. The Hall–Kier alpha value is -3.21. The Balaban J connectivity index is 1.56. The number of hydrogen-bond donors (Lipinski definition) is 0. The third-order valence-electron chi connectivity index (χ3n) is 4.20. The van der Waals surface area contributed by atoms with Gasteiger partial charge in [0.25, 0.3) is 5.89 Å². The summed E-state index contributed by atoms with van der Waals surface area (Å²) in [7, 11) is 0. The van der Waals surface area contributed by atoms with Crippen molar-refractivity contribution in [2.45, 2.75) is 26.2 Å². The van der Waals surface area contributed by atoms with E-state index in [2.05, 4.69) is 16.2 Å². The van der Waals surface area contributed by atoms with Crippen LogP contribution in [0.5, 0.6) is 5.75 Å². The fourth-order valence-corrected chi connectivity index (χ4v) is 2.91. The highest BCUT2D eigenvalue weighted by atomic mass is 16.7. The van der Waals surface area contributed by atoms with Crippen LogP contribution >= 0.6 is 0 Å². The molecule has 28 heavy (non-hydrogen) atoms. The first-order chi connectivity index (χ1) is 13.6. The Labute approximate surface area is 162 Å². The molecule has 2 aromatic carbocycles. The second kappa shape index (κ2) is 7.80. The van der Waals surface area contributed by atoms with E-state index < -0.39 is 0 Å². The van der Waals surface area contributed by atoms with Gasteiger partial charge in [0.1, 0.15) is 11.8 Å². The van der Waals surface area contributed by atoms with Gasteiger partial charge in [-0.05, 0) is 32.0 Å². The third kappa shape index (κ3) is 3.74. The van der Waals surface area contributed by atoms with Crippen molar-refractivity contribution in [1.29, 1.82) is 5.26 Å². The Morgan fingerprint density at radius 3 is 2.46 bits per heavy atom. The van der Waals surface area contributed by atoms with Gasteiger partial charge >= 0.3 is 0 Å². The molecule has 0 bridgehead atoms. The van der Waals surface area contributed by atoms with Gasteiger partial charge in [-0.3, -0.25) is 0 Å². The first-order valence-corrected chi connectivity index (χ1v) is 9.02. The molecule has 0 spiro atoms. The lowest BCUT2D eigenvalue weighted by Crippen LogP contribution is -2.06. The van der Waals surface area contributed by atoms with Gasteiger partial charge in [-0.25, -0.2) is 0 Å². The summed E-state index contributed by atoms with van der Waals surface area (Å²) < 4.78 is 22.0. The fraction of sp³-hybridized carbons (Fsp3) is 0.286. The van der Waals surface area contributed by atoms with Crippen LogP contribution in [-0.2, 0) is 9.47 Å². The number of nitriles is 1. The molecule has 0 atom stereocenters. The van der Waals surface area contributed by atoms with Gasteiger partial charge in [-0.1, -0.05) is 29.4 Å². The maximum atomic E-state index is 9.38. The largest absolute Gasteiger partial charge is 0.490 e. The molecule has 0 saturated carbocycles. The molecule has 7 heteroatoms. The van der Waals surface area contributed by atoms with Crippen LogP contribution in [0.2, 0.25) is 0 Å². The molecular formula is C21H19N3O4. The molecule has 2 heterocycles. The molecule has 1 aromatic heterocycles. The quantitative estimate of drug-likeness (QED) is 0.661. The number of benzene rings is 2. The van der Waals surface area contributed by atoms with Crippen LogP contribution in [0.25, 0.3) is 22.8 Å². The minimum atomic E-state index is -0.314. The van der Waals surface area contributed by atoms with Crippen LogP contribution < -0.4 is 4.74 Å². The van der Waals surface area contributed by atoms with Crippen LogP contribution in [0, 0.1) is 11.3 Å². The lowest BCUT2D eigenvalue weighted by atomic mass is 10.1. The topological polar surface area (TPSA) is 90.4 Å². The van der Waals surface area contributed by atoms with Crippen molar-refractivity contribution in [3.8, 4) is 34.7 Å². The average molecular weight is 377 g/mol. The van der Waals surface area contributed by atoms with E-state index in [1.165, 1.54) is 0 Å². The molecule has 4 rings (SSSR count). The Morgan fingerprint density at radius 2 is 1.79 bits per heavy atom. The molecule has 0 aliphatic carbocycles. The van der Waals surface area contributed by atoms with Gasteiger partial charge in [0.2, 0.25) is 5.82 Å². The van der Waals surface area contributed by atoms with Gasteiger partial charge < -0.3 is 18.7 Å². The van der Waals surface area contributed by atoms with Gasteiger partial charge in [0.15, 0.2) is 6.29 Å². The van der Waals surface area contributed by atoms with E-state index in [1.807, 2.05) is 38.1 Å². The second-order valence-corrected chi connectivity index (χ2v) is 6.61. The molecule has 3 aromatic rings. The van der Waals surface area contributed by atoms with E-state index in [1.54, 1.807) is 18.2 Å². The molecule has 142 valence electrons. The molecular weight excluding hydrogens is 358 g/mol. The van der Waals surface area contributed by atoms with Crippen LogP contribution in [-0.4, -0.2) is 29.5 Å². The second-order valence-electron chi connectivity index (χ2n) is 6.61. The molecule has 0 amide bonds. The van der Waals surface area contributed by atoms with Crippen molar-refractivity contribution in [2.75, 3.05) is 13.2 Å². The maximum Gasteiger partial charge on any atom is 0.258 e. The smallest absolute Gasteiger partial charge is 0.258 e. The molecule has 1 aliphatic rings. The van der Waals surface area contributed by atoms with Crippen molar-refractivity contribution in [1.82, 2.24) is 10.1 Å². The standard InChI is InChI=1S/C21H19N3O4/c1-13(2)27-18-8-7-16(11-17(18)12-22)20-23-19(24-28-20)14-3-5-15(6-4-14)21-25-9-10-26-21/h3-8,11,13,21H,9-10H2,1-2H3. The van der Waals surface area contributed by atoms with Crippen molar-refractivity contribution in [2.24, 2.45) is 0 Å². The van der Waals surface area contributed by atoms with Gasteiger partial charge in [-0.15, -0.1) is 0 Å². The van der Waals surface area contributed by atoms with E-state index in [-0.39, 0.29) is 12.4 Å². The third-order valence-corrected chi connectivity index (χ3v) is 4.20. The first-order valence-electron chi connectivity index (χ1n) is 9.02. The zero-order valence-electron chi connectivity index (χ0n) is 15.6. The van der Waals surface area contributed by atoms with Gasteiger partial charge in [0, 0.05) is 16.7 Å². The molecule has 1 aliphatic heterocycles. The number of hydrogen-bond acceptors (Lipinski definition) is 7. The summed E-state index contributed by atoms with van der Waals surface area (Å²) in [5, 5.41) is 13.4. The molecule has 0 radical (unpaired) electrons. The minimum absolute atomic E-state index is 0.0176. The maximum absolute atomic E-state index is 9.38. The molecule has 0 N–H and O–H groups in total. The predicted molar refractivity (Wildman–Crippen MR) is 100 cm³/mol. The van der Waals surface area contributed by atoms with Gasteiger partial charge in [0.05, 0.1) is 24.9 Å². The molecule has 1 saturated heterocycles. The van der Waals surface area contributed by atoms with Crippen molar-refractivity contribution >= 4 is 0 Å². The summed E-state index contributed by atoms with van der Waals surface area (Å²) in [6.07, 6.45) is -0.332. The van der Waals surface area contributed by atoms with E-state index >= 15 is 0 Å². The number of rotatable bonds is 5. The summed E-state index contributed by atoms with van der Waals surface area (Å²) in [4.78, 5) is 4.45.